The molecular weight excluding hydrogens is 336 g/mol. The van der Waals surface area contributed by atoms with Gasteiger partial charge in [-0.1, -0.05) is 23.7 Å². The average molecular weight is 363 g/mol. The summed E-state index contributed by atoms with van der Waals surface area (Å²) in [5, 5.41) is 0.742. The molecule has 1 heterocycles. The van der Waals surface area contributed by atoms with Crippen LogP contribution >= 0.6 is 11.6 Å². The topological polar surface area (TPSA) is 40.6 Å². The average Bonchev–Trinajstić information content (AvgIpc) is 2.99. The fourth-order valence-electron chi connectivity index (χ4n) is 4.28. The van der Waals surface area contributed by atoms with Crippen LogP contribution in [0.2, 0.25) is 5.02 Å². The Bertz CT molecular complexity index is 631. The van der Waals surface area contributed by atoms with Gasteiger partial charge in [-0.05, 0) is 55.2 Å². The second-order valence-corrected chi connectivity index (χ2v) is 8.04. The molecule has 0 aromatic heterocycles. The summed E-state index contributed by atoms with van der Waals surface area (Å²) in [7, 11) is 3.82. The highest BCUT2D eigenvalue weighted by atomic mass is 35.5. The van der Waals surface area contributed by atoms with Crippen LogP contribution in [-0.4, -0.2) is 48.3 Å². The summed E-state index contributed by atoms with van der Waals surface area (Å²) in [5.74, 6) is 1.48. The second-order valence-electron chi connectivity index (χ2n) is 7.61. The molecule has 1 aromatic rings. The standard InChI is InChI=1S/C20H27ClN2O2/c1-22-13-16-11-18(10-15(16)12-20(22)25)23(2)19(24)5-3-4-14-6-8-17(21)9-7-14/h6-9,15-16,18H,3-5,10-13H2,1-2H3/t15-,16+,18-/m1/s1. The van der Waals surface area contributed by atoms with Gasteiger partial charge in [-0.25, -0.2) is 0 Å². The largest absolute Gasteiger partial charge is 0.345 e. The van der Waals surface area contributed by atoms with Gasteiger partial charge in [0.2, 0.25) is 11.8 Å². The first-order valence-corrected chi connectivity index (χ1v) is 9.56. The van der Waals surface area contributed by atoms with Crippen LogP contribution in [0.25, 0.3) is 0 Å². The summed E-state index contributed by atoms with van der Waals surface area (Å²) in [6.45, 7) is 0.846. The number of hydrogen-bond donors (Lipinski definition) is 0. The van der Waals surface area contributed by atoms with Gasteiger partial charge in [0.1, 0.15) is 0 Å². The first-order chi connectivity index (χ1) is 11.9. The highest BCUT2D eigenvalue weighted by Gasteiger charge is 2.42. The Balaban J connectivity index is 1.46. The lowest BCUT2D eigenvalue weighted by Gasteiger charge is -2.31. The third-order valence-corrected chi connectivity index (χ3v) is 6.15. The number of carbonyl (C=O) groups is 2. The van der Waals surface area contributed by atoms with E-state index in [1.165, 1.54) is 5.56 Å². The van der Waals surface area contributed by atoms with Crippen molar-refractivity contribution in [1.82, 2.24) is 9.80 Å². The Labute approximate surface area is 155 Å². The summed E-state index contributed by atoms with van der Waals surface area (Å²) < 4.78 is 0. The number of rotatable bonds is 5. The summed E-state index contributed by atoms with van der Waals surface area (Å²) in [6.07, 6.45) is 4.98. The zero-order valence-corrected chi connectivity index (χ0v) is 15.8. The van der Waals surface area contributed by atoms with E-state index < -0.39 is 0 Å². The summed E-state index contributed by atoms with van der Waals surface area (Å²) >= 11 is 5.90. The lowest BCUT2D eigenvalue weighted by molar-refractivity contribution is -0.135. The first kappa shape index (κ1) is 18.2. The summed E-state index contributed by atoms with van der Waals surface area (Å²) in [4.78, 5) is 28.2. The van der Waals surface area contributed by atoms with Crippen LogP contribution in [0, 0.1) is 11.8 Å². The van der Waals surface area contributed by atoms with Crippen molar-refractivity contribution in [2.45, 2.75) is 44.6 Å². The molecule has 3 atom stereocenters. The number of likely N-dealkylation sites (tertiary alicyclic amines) is 1. The minimum absolute atomic E-state index is 0.220. The first-order valence-electron chi connectivity index (χ1n) is 9.18. The molecule has 1 aliphatic carbocycles. The Morgan fingerprint density at radius 3 is 2.64 bits per heavy atom. The normalized spacial score (nSPS) is 25.8. The molecule has 0 unspecified atom stereocenters. The highest BCUT2D eigenvalue weighted by molar-refractivity contribution is 6.30. The number of benzene rings is 1. The quantitative estimate of drug-likeness (QED) is 0.805. The molecule has 2 aliphatic rings. The number of aryl methyl sites for hydroxylation is 1. The van der Waals surface area contributed by atoms with Gasteiger partial charge in [0, 0.05) is 44.5 Å². The second kappa shape index (κ2) is 7.77. The molecular formula is C20H27ClN2O2. The molecule has 1 saturated carbocycles. The van der Waals surface area contributed by atoms with Crippen LogP contribution in [-0.2, 0) is 16.0 Å². The van der Waals surface area contributed by atoms with E-state index >= 15 is 0 Å². The maximum absolute atomic E-state index is 12.5. The third kappa shape index (κ3) is 4.35. The van der Waals surface area contributed by atoms with Crippen molar-refractivity contribution in [2.75, 3.05) is 20.6 Å². The highest BCUT2D eigenvalue weighted by Crippen LogP contribution is 2.40. The van der Waals surface area contributed by atoms with Crippen LogP contribution in [0.1, 0.15) is 37.7 Å². The molecule has 2 fully saturated rings. The summed E-state index contributed by atoms with van der Waals surface area (Å²) in [6, 6.07) is 8.11. The molecule has 0 radical (unpaired) electrons. The number of halogens is 1. The summed E-state index contributed by atoms with van der Waals surface area (Å²) in [5.41, 5.74) is 1.22. The van der Waals surface area contributed by atoms with E-state index in [-0.39, 0.29) is 17.9 Å². The van der Waals surface area contributed by atoms with E-state index in [1.54, 1.807) is 0 Å². The van der Waals surface area contributed by atoms with Crippen molar-refractivity contribution in [3.63, 3.8) is 0 Å². The van der Waals surface area contributed by atoms with Gasteiger partial charge in [-0.15, -0.1) is 0 Å². The van der Waals surface area contributed by atoms with Crippen LogP contribution in [0.3, 0.4) is 0 Å². The molecule has 1 aromatic carbocycles. The number of carbonyl (C=O) groups excluding carboxylic acids is 2. The zero-order valence-electron chi connectivity index (χ0n) is 15.1. The van der Waals surface area contributed by atoms with E-state index in [1.807, 2.05) is 48.2 Å². The van der Waals surface area contributed by atoms with Gasteiger partial charge in [0.25, 0.3) is 0 Å². The van der Waals surface area contributed by atoms with Crippen LogP contribution in [0.5, 0.6) is 0 Å². The van der Waals surface area contributed by atoms with Crippen molar-refractivity contribution in [3.05, 3.63) is 34.9 Å². The molecule has 25 heavy (non-hydrogen) atoms. The molecule has 4 nitrogen and oxygen atoms in total. The molecule has 0 N–H and O–H groups in total. The minimum atomic E-state index is 0.220. The maximum atomic E-state index is 12.5. The van der Waals surface area contributed by atoms with Crippen molar-refractivity contribution >= 4 is 23.4 Å². The van der Waals surface area contributed by atoms with Crippen LogP contribution < -0.4 is 0 Å². The molecule has 1 saturated heterocycles. The third-order valence-electron chi connectivity index (χ3n) is 5.90. The maximum Gasteiger partial charge on any atom is 0.222 e. The van der Waals surface area contributed by atoms with Gasteiger partial charge in [0.15, 0.2) is 0 Å². The van der Waals surface area contributed by atoms with Crippen molar-refractivity contribution in [1.29, 1.82) is 0 Å². The Morgan fingerprint density at radius 1 is 1.24 bits per heavy atom. The number of nitrogens with zero attached hydrogens (tertiary/aromatic N) is 2. The molecule has 136 valence electrons. The lowest BCUT2D eigenvalue weighted by Crippen LogP contribution is -2.39. The minimum Gasteiger partial charge on any atom is -0.345 e. The molecule has 5 heteroatoms. The number of amides is 2. The Hall–Kier alpha value is -1.55. The van der Waals surface area contributed by atoms with E-state index in [9.17, 15) is 9.59 Å². The van der Waals surface area contributed by atoms with Crippen molar-refractivity contribution < 1.29 is 9.59 Å². The lowest BCUT2D eigenvalue weighted by atomic mass is 9.88. The van der Waals surface area contributed by atoms with E-state index in [4.69, 9.17) is 11.6 Å². The molecule has 0 spiro atoms. The Morgan fingerprint density at radius 2 is 1.92 bits per heavy atom. The van der Waals surface area contributed by atoms with Crippen LogP contribution in [0.4, 0.5) is 0 Å². The van der Waals surface area contributed by atoms with E-state index in [0.29, 0.717) is 24.7 Å². The van der Waals surface area contributed by atoms with Gasteiger partial charge < -0.3 is 9.80 Å². The van der Waals surface area contributed by atoms with Gasteiger partial charge >= 0.3 is 0 Å². The molecule has 0 bridgehead atoms. The monoisotopic (exact) mass is 362 g/mol. The SMILES string of the molecule is CN1C[C@@H]2C[C@H](N(C)C(=O)CCCc3ccc(Cl)cc3)C[C@@H]2CC1=O. The smallest absolute Gasteiger partial charge is 0.222 e. The van der Waals surface area contributed by atoms with E-state index in [0.717, 1.165) is 37.3 Å². The predicted octanol–water partition coefficient (Wildman–Crippen LogP) is 3.38. The molecule has 1 aliphatic heterocycles. The molecule has 2 amide bonds. The van der Waals surface area contributed by atoms with Gasteiger partial charge in [-0.3, -0.25) is 9.59 Å². The van der Waals surface area contributed by atoms with Crippen molar-refractivity contribution in [3.8, 4) is 0 Å². The van der Waals surface area contributed by atoms with Gasteiger partial charge in [-0.2, -0.15) is 0 Å². The number of piperidine rings is 1. The fourth-order valence-corrected chi connectivity index (χ4v) is 4.40. The van der Waals surface area contributed by atoms with E-state index in [2.05, 4.69) is 0 Å². The van der Waals surface area contributed by atoms with Gasteiger partial charge in [0.05, 0.1) is 0 Å². The number of fused-ring (bicyclic) bond motifs is 1. The Kier molecular flexibility index (Phi) is 5.67. The number of hydrogen-bond acceptors (Lipinski definition) is 2. The van der Waals surface area contributed by atoms with Crippen molar-refractivity contribution in [2.24, 2.45) is 11.8 Å². The fraction of sp³-hybridized carbons (Fsp3) is 0.600. The molecule has 3 rings (SSSR count). The zero-order chi connectivity index (χ0) is 18.0. The predicted molar refractivity (Wildman–Crippen MR) is 99.4 cm³/mol. The van der Waals surface area contributed by atoms with Crippen LogP contribution in [0.15, 0.2) is 24.3 Å².